The van der Waals surface area contributed by atoms with Crippen LogP contribution in [0.25, 0.3) is 0 Å². The maximum Gasteiger partial charge on any atom is 0.490 e. The molecular weight excluding hydrogens is 444 g/mol. The van der Waals surface area contributed by atoms with E-state index in [1.807, 2.05) is 35.0 Å². The third-order valence-corrected chi connectivity index (χ3v) is 6.21. The van der Waals surface area contributed by atoms with Gasteiger partial charge in [0.15, 0.2) is 0 Å². The van der Waals surface area contributed by atoms with Crippen LogP contribution in [0.3, 0.4) is 0 Å². The zero-order valence-corrected chi connectivity index (χ0v) is 18.2. The highest BCUT2D eigenvalue weighted by atomic mass is 19.4. The van der Waals surface area contributed by atoms with Crippen molar-refractivity contribution in [2.24, 2.45) is 12.5 Å². The average molecular weight is 470 g/mol. The number of alkyl halides is 3. The van der Waals surface area contributed by atoms with Crippen LogP contribution in [-0.2, 0) is 29.7 Å². The van der Waals surface area contributed by atoms with E-state index in [0.29, 0.717) is 6.54 Å². The Morgan fingerprint density at radius 1 is 1.15 bits per heavy atom. The average Bonchev–Trinajstić information content (AvgIpc) is 3.28. The molecule has 0 radical (unpaired) electrons. The smallest absolute Gasteiger partial charge is 0.475 e. The zero-order chi connectivity index (χ0) is 24.2. The van der Waals surface area contributed by atoms with Crippen LogP contribution < -0.4 is 0 Å². The molecule has 0 unspecified atom stereocenters. The standard InChI is InChI=1S/C20H25FN4O.C2HF3O2/c1-23-12-8-22-18(23)15-24-9-5-20(6-10-24)7-11-25(19(20)26)14-16-3-2-4-17(21)13-16;3-2(4,5)1(6)7/h2-4,8,12-13H,5-7,9-11,14-15H2,1H3;(H,6,7). The third kappa shape index (κ3) is 6.10. The minimum atomic E-state index is -5.08. The molecule has 2 fully saturated rings. The number of nitrogens with zero attached hydrogens (tertiary/aromatic N) is 4. The molecule has 0 bridgehead atoms. The molecule has 33 heavy (non-hydrogen) atoms. The molecular formula is C22H26F4N4O3. The summed E-state index contributed by atoms with van der Waals surface area (Å²) in [6, 6.07) is 6.55. The molecule has 180 valence electrons. The van der Waals surface area contributed by atoms with Crippen molar-refractivity contribution in [3.63, 3.8) is 0 Å². The second kappa shape index (κ2) is 9.90. The van der Waals surface area contributed by atoms with Crippen molar-refractivity contribution in [1.29, 1.82) is 0 Å². The Hall–Kier alpha value is -2.95. The van der Waals surface area contributed by atoms with E-state index in [4.69, 9.17) is 9.90 Å². The van der Waals surface area contributed by atoms with E-state index < -0.39 is 12.1 Å². The van der Waals surface area contributed by atoms with Gasteiger partial charge in [0.25, 0.3) is 0 Å². The first-order chi connectivity index (χ1) is 15.5. The first kappa shape index (κ1) is 24.7. The summed E-state index contributed by atoms with van der Waals surface area (Å²) in [6.45, 7) is 3.96. The van der Waals surface area contributed by atoms with Crippen molar-refractivity contribution in [1.82, 2.24) is 19.4 Å². The monoisotopic (exact) mass is 470 g/mol. The Balaban J connectivity index is 0.000000383. The van der Waals surface area contributed by atoms with Crippen LogP contribution in [0, 0.1) is 11.2 Å². The summed E-state index contributed by atoms with van der Waals surface area (Å²) in [5.74, 6) is -1.69. The van der Waals surface area contributed by atoms with Gasteiger partial charge in [0.2, 0.25) is 5.91 Å². The molecule has 0 saturated carbocycles. The first-order valence-electron chi connectivity index (χ1n) is 10.5. The number of aliphatic carboxylic acids is 1. The van der Waals surface area contributed by atoms with Gasteiger partial charge in [-0.15, -0.1) is 0 Å². The number of amides is 1. The number of hydrogen-bond acceptors (Lipinski definition) is 4. The van der Waals surface area contributed by atoms with Crippen molar-refractivity contribution >= 4 is 11.9 Å². The Bertz CT molecular complexity index is 984. The highest BCUT2D eigenvalue weighted by molar-refractivity contribution is 5.85. The summed E-state index contributed by atoms with van der Waals surface area (Å²) in [7, 11) is 2.01. The van der Waals surface area contributed by atoms with Crippen LogP contribution in [-0.4, -0.2) is 62.1 Å². The number of carboxylic acid groups (broad SMARTS) is 1. The van der Waals surface area contributed by atoms with Gasteiger partial charge in [-0.3, -0.25) is 9.69 Å². The van der Waals surface area contributed by atoms with Crippen LogP contribution in [0.2, 0.25) is 0 Å². The Kier molecular flexibility index (Phi) is 7.41. The third-order valence-electron chi connectivity index (χ3n) is 6.21. The fourth-order valence-electron chi connectivity index (χ4n) is 4.25. The molecule has 11 heteroatoms. The lowest BCUT2D eigenvalue weighted by Crippen LogP contribution is -2.44. The summed E-state index contributed by atoms with van der Waals surface area (Å²) in [5.41, 5.74) is 0.647. The molecule has 1 aromatic carbocycles. The highest BCUT2D eigenvalue weighted by Gasteiger charge is 2.47. The zero-order valence-electron chi connectivity index (χ0n) is 18.2. The molecule has 2 aliphatic rings. The van der Waals surface area contributed by atoms with Crippen molar-refractivity contribution in [2.45, 2.75) is 38.5 Å². The van der Waals surface area contributed by atoms with Crippen molar-refractivity contribution in [2.75, 3.05) is 19.6 Å². The second-order valence-corrected chi connectivity index (χ2v) is 8.42. The van der Waals surface area contributed by atoms with Crippen LogP contribution in [0.5, 0.6) is 0 Å². The van der Waals surface area contributed by atoms with Crippen LogP contribution >= 0.6 is 0 Å². The summed E-state index contributed by atoms with van der Waals surface area (Å²) in [4.78, 5) is 30.6. The minimum absolute atomic E-state index is 0.217. The number of aryl methyl sites for hydroxylation is 1. The van der Waals surface area contributed by atoms with Crippen molar-refractivity contribution in [3.8, 4) is 0 Å². The largest absolute Gasteiger partial charge is 0.490 e. The molecule has 1 amide bonds. The van der Waals surface area contributed by atoms with E-state index in [1.165, 1.54) is 12.1 Å². The number of hydrogen-bond donors (Lipinski definition) is 1. The number of benzene rings is 1. The number of piperidine rings is 1. The summed E-state index contributed by atoms with van der Waals surface area (Å²) in [5, 5.41) is 7.12. The number of aromatic nitrogens is 2. The van der Waals surface area contributed by atoms with Gasteiger partial charge in [-0.2, -0.15) is 13.2 Å². The van der Waals surface area contributed by atoms with Gasteiger partial charge in [-0.05, 0) is 50.0 Å². The SMILES string of the molecule is Cn1ccnc1CN1CCC2(CC1)CCN(Cc1cccc(F)c1)C2=O.O=C(O)C(F)(F)F. The van der Waals surface area contributed by atoms with Gasteiger partial charge in [0, 0.05) is 32.5 Å². The Morgan fingerprint density at radius 2 is 1.79 bits per heavy atom. The number of halogens is 4. The number of imidazole rings is 1. The molecule has 0 aliphatic carbocycles. The van der Waals surface area contributed by atoms with Gasteiger partial charge < -0.3 is 14.6 Å². The van der Waals surface area contributed by atoms with E-state index in [-0.39, 0.29) is 17.1 Å². The maximum absolute atomic E-state index is 13.4. The predicted octanol–water partition coefficient (Wildman–Crippen LogP) is 3.21. The predicted molar refractivity (Wildman–Crippen MR) is 110 cm³/mol. The number of carbonyl (C=O) groups is 2. The molecule has 7 nitrogen and oxygen atoms in total. The summed E-state index contributed by atoms with van der Waals surface area (Å²) < 4.78 is 47.2. The number of carboxylic acids is 1. The van der Waals surface area contributed by atoms with Crippen molar-refractivity contribution in [3.05, 3.63) is 53.9 Å². The molecule has 0 atom stereocenters. The van der Waals surface area contributed by atoms with Gasteiger partial charge in [0.05, 0.1) is 12.0 Å². The molecule has 2 saturated heterocycles. The molecule has 1 N–H and O–H groups in total. The van der Waals surface area contributed by atoms with Crippen LogP contribution in [0.15, 0.2) is 36.7 Å². The highest BCUT2D eigenvalue weighted by Crippen LogP contribution is 2.42. The molecule has 1 spiro atoms. The number of likely N-dealkylation sites (tertiary alicyclic amines) is 2. The van der Waals surface area contributed by atoms with Gasteiger partial charge in [0.1, 0.15) is 11.6 Å². The van der Waals surface area contributed by atoms with Gasteiger partial charge >= 0.3 is 12.1 Å². The summed E-state index contributed by atoms with van der Waals surface area (Å²) in [6.07, 6.45) is 1.42. The quantitative estimate of drug-likeness (QED) is 0.695. The van der Waals surface area contributed by atoms with E-state index in [9.17, 15) is 22.4 Å². The number of carbonyl (C=O) groups excluding carboxylic acids is 1. The lowest BCUT2D eigenvalue weighted by molar-refractivity contribution is -0.192. The Labute approximate surface area is 188 Å². The van der Waals surface area contributed by atoms with Gasteiger partial charge in [-0.1, -0.05) is 12.1 Å². The van der Waals surface area contributed by atoms with Crippen LogP contribution in [0.1, 0.15) is 30.7 Å². The molecule has 1 aromatic heterocycles. The van der Waals surface area contributed by atoms with Crippen molar-refractivity contribution < 1.29 is 32.3 Å². The lowest BCUT2D eigenvalue weighted by Gasteiger charge is -2.37. The first-order valence-corrected chi connectivity index (χ1v) is 10.5. The molecule has 2 aliphatic heterocycles. The minimum Gasteiger partial charge on any atom is -0.475 e. The molecule has 2 aromatic rings. The van der Waals surface area contributed by atoms with E-state index in [2.05, 4.69) is 9.88 Å². The lowest BCUT2D eigenvalue weighted by atomic mass is 9.77. The topological polar surface area (TPSA) is 78.7 Å². The number of rotatable bonds is 4. The van der Waals surface area contributed by atoms with Crippen LogP contribution in [0.4, 0.5) is 17.6 Å². The molecule has 3 heterocycles. The van der Waals surface area contributed by atoms with Gasteiger partial charge in [-0.25, -0.2) is 14.2 Å². The fourth-order valence-corrected chi connectivity index (χ4v) is 4.25. The van der Waals surface area contributed by atoms with E-state index in [1.54, 1.807) is 6.07 Å². The maximum atomic E-state index is 13.4. The normalized spacial score (nSPS) is 18.3. The van der Waals surface area contributed by atoms with E-state index >= 15 is 0 Å². The summed E-state index contributed by atoms with van der Waals surface area (Å²) >= 11 is 0. The Morgan fingerprint density at radius 3 is 2.33 bits per heavy atom. The molecule has 4 rings (SSSR count). The fraction of sp³-hybridized carbons (Fsp3) is 0.500. The van der Waals surface area contributed by atoms with E-state index in [0.717, 1.165) is 56.8 Å². The second-order valence-electron chi connectivity index (χ2n) is 8.42.